The fourth-order valence-electron chi connectivity index (χ4n) is 5.45. The van der Waals surface area contributed by atoms with Crippen LogP contribution in [-0.2, 0) is 20.3 Å². The monoisotopic (exact) mass is 683 g/mol. The number of methoxy groups -OCH3 is 2. The molecule has 2 aromatic heterocycles. The van der Waals surface area contributed by atoms with Gasteiger partial charge in [0.1, 0.15) is 53.0 Å². The molecule has 0 saturated carbocycles. The molecule has 7 rings (SSSR count). The molecule has 0 N–H and O–H groups in total. The molecule has 5 aromatic carbocycles. The summed E-state index contributed by atoms with van der Waals surface area (Å²) in [5, 5.41) is 2.12. The van der Waals surface area contributed by atoms with Crippen LogP contribution in [0, 0.1) is 0 Å². The minimum absolute atomic E-state index is 0.441. The van der Waals surface area contributed by atoms with Gasteiger partial charge in [-0.3, -0.25) is 0 Å². The van der Waals surface area contributed by atoms with E-state index in [2.05, 4.69) is 83.3 Å². The van der Waals surface area contributed by atoms with Crippen LogP contribution in [0.5, 0.6) is 23.0 Å². The van der Waals surface area contributed by atoms with E-state index in [4.69, 9.17) is 18.9 Å². The highest BCUT2D eigenvalue weighted by molar-refractivity contribution is 7.19. The van der Waals surface area contributed by atoms with E-state index in [0.717, 1.165) is 55.8 Å². The number of fused-ring (bicyclic) bond motifs is 2. The maximum Gasteiger partial charge on any atom is 0.262 e. The third-order valence-electron chi connectivity index (χ3n) is 8.14. The zero-order valence-corrected chi connectivity index (χ0v) is 29.1. The van der Waals surface area contributed by atoms with E-state index in [1.165, 1.54) is 19.9 Å². The quantitative estimate of drug-likeness (QED) is 0.120. The minimum atomic E-state index is 0.441. The summed E-state index contributed by atoms with van der Waals surface area (Å²) < 4.78 is 28.2. The summed E-state index contributed by atoms with van der Waals surface area (Å²) in [4.78, 5) is 4.68. The van der Waals surface area contributed by atoms with E-state index in [0.29, 0.717) is 13.2 Å². The maximum atomic E-state index is 6.12. The molecule has 0 aliphatic rings. The highest BCUT2D eigenvalue weighted by Crippen LogP contribution is 2.30. The molecule has 244 valence electrons. The predicted octanol–water partition coefficient (Wildman–Crippen LogP) is 9.85. The van der Waals surface area contributed by atoms with Crippen molar-refractivity contribution >= 4 is 67.4 Å². The van der Waals surface area contributed by atoms with Gasteiger partial charge in [0.15, 0.2) is 0 Å². The number of aromatic nitrogens is 2. The van der Waals surface area contributed by atoms with Crippen molar-refractivity contribution in [3.63, 3.8) is 0 Å². The van der Waals surface area contributed by atoms with Crippen LogP contribution in [0.4, 0.5) is 0 Å². The second-order valence-electron chi connectivity index (χ2n) is 11.4. The summed E-state index contributed by atoms with van der Waals surface area (Å²) in [5.41, 5.74) is 6.31. The highest BCUT2D eigenvalue weighted by atomic mass is 32.1. The Morgan fingerprint density at radius 1 is 0.612 bits per heavy atom. The molecule has 2 heterocycles. The fraction of sp³-hybridized carbons (Fsp3) is 0.122. The molecule has 0 aliphatic carbocycles. The number of ether oxygens (including phenoxy) is 4. The fourth-order valence-corrected chi connectivity index (χ4v) is 7.38. The first-order chi connectivity index (χ1) is 24.1. The summed E-state index contributed by atoms with van der Waals surface area (Å²) >= 11 is 3.43. The van der Waals surface area contributed by atoms with Crippen LogP contribution in [0.2, 0.25) is 0 Å². The number of hydrogen-bond donors (Lipinski definition) is 0. The number of rotatable bonds is 12. The van der Waals surface area contributed by atoms with Gasteiger partial charge in [-0.15, -0.1) is 11.3 Å². The largest absolute Gasteiger partial charge is 0.496 e. The highest BCUT2D eigenvalue weighted by Gasteiger charge is 2.14. The summed E-state index contributed by atoms with van der Waals surface area (Å²) in [7, 11) is 5.45. The molecule has 0 radical (unpaired) electrons. The third-order valence-corrected chi connectivity index (χ3v) is 10.3. The van der Waals surface area contributed by atoms with Crippen molar-refractivity contribution in [2.24, 2.45) is 7.05 Å². The lowest BCUT2D eigenvalue weighted by molar-refractivity contribution is -0.642. The van der Waals surface area contributed by atoms with Gasteiger partial charge in [0, 0.05) is 35.4 Å². The molecule has 0 unspecified atom stereocenters. The Hall–Kier alpha value is -5.44. The Labute approximate surface area is 293 Å². The van der Waals surface area contributed by atoms with Crippen molar-refractivity contribution in [3.8, 4) is 23.0 Å². The molecule has 6 nitrogen and oxygen atoms in total. The molecule has 0 saturated heterocycles. The number of benzene rings is 5. The molecule has 0 bridgehead atoms. The molecule has 0 fully saturated rings. The van der Waals surface area contributed by atoms with Crippen molar-refractivity contribution in [2.75, 3.05) is 14.2 Å². The van der Waals surface area contributed by atoms with E-state index in [1.807, 2.05) is 66.7 Å². The van der Waals surface area contributed by atoms with Gasteiger partial charge in [-0.2, -0.15) is 4.57 Å². The number of hydrogen-bond acceptors (Lipinski definition) is 7. The normalized spacial score (nSPS) is 11.6. The van der Waals surface area contributed by atoms with Crippen molar-refractivity contribution in [2.45, 2.75) is 13.2 Å². The van der Waals surface area contributed by atoms with E-state index >= 15 is 0 Å². The van der Waals surface area contributed by atoms with Gasteiger partial charge in [-0.1, -0.05) is 59.9 Å². The van der Waals surface area contributed by atoms with Crippen molar-refractivity contribution in [3.05, 3.63) is 141 Å². The Bertz CT molecular complexity index is 2250. The van der Waals surface area contributed by atoms with Gasteiger partial charge >= 0.3 is 0 Å². The van der Waals surface area contributed by atoms with Crippen molar-refractivity contribution in [1.82, 2.24) is 4.98 Å². The van der Waals surface area contributed by atoms with Gasteiger partial charge in [0.2, 0.25) is 5.52 Å². The zero-order chi connectivity index (χ0) is 33.6. The standard InChI is InChI=1S/C41H35N2O4S2/c1-43-35-9-5-7-11-39(35)49-41(43)23-19-31-17-21-33(25-37(31)45-3)47-27-29-14-12-28(13-15-29)26-46-32-20-16-30(36(24-32)44-2)18-22-40-42-34-8-4-6-10-38(34)48-40/h4-25H,26-27H2,1-3H3/q+1/b22-18+,23-19+. The van der Waals surface area contributed by atoms with Gasteiger partial charge in [0.25, 0.3) is 5.01 Å². The number of thiazole rings is 2. The van der Waals surface area contributed by atoms with Gasteiger partial charge in [0.05, 0.1) is 24.4 Å². The van der Waals surface area contributed by atoms with Crippen LogP contribution in [0.3, 0.4) is 0 Å². The molecule has 0 aliphatic heterocycles. The number of aryl methyl sites for hydroxylation is 1. The molecule has 0 atom stereocenters. The van der Waals surface area contributed by atoms with Crippen LogP contribution in [0.15, 0.2) is 109 Å². The van der Waals surface area contributed by atoms with E-state index in [1.54, 1.807) is 36.9 Å². The van der Waals surface area contributed by atoms with Crippen LogP contribution in [0.1, 0.15) is 32.3 Å². The lowest BCUT2D eigenvalue weighted by atomic mass is 10.1. The molecule has 0 amide bonds. The zero-order valence-electron chi connectivity index (χ0n) is 27.5. The van der Waals surface area contributed by atoms with Crippen LogP contribution >= 0.6 is 22.7 Å². The van der Waals surface area contributed by atoms with Crippen LogP contribution in [-0.4, -0.2) is 19.2 Å². The SMILES string of the molecule is COc1cc(OCc2ccc(COc3ccc(/C=C/c4sc5ccccc5[n+]4C)c(OC)c3)cc2)ccc1/C=C/c1nc2ccccc2s1. The maximum absolute atomic E-state index is 6.12. The lowest BCUT2D eigenvalue weighted by Crippen LogP contribution is -2.28. The average molecular weight is 684 g/mol. The Morgan fingerprint density at radius 2 is 1.18 bits per heavy atom. The molecule has 8 heteroatoms. The molecule has 0 spiro atoms. The molecular formula is C41H35N2O4S2+. The Balaban J connectivity index is 0.932. The topological polar surface area (TPSA) is 53.7 Å². The second kappa shape index (κ2) is 14.8. The molecular weight excluding hydrogens is 649 g/mol. The average Bonchev–Trinajstić information content (AvgIpc) is 3.72. The summed E-state index contributed by atoms with van der Waals surface area (Å²) in [6.45, 7) is 0.886. The molecule has 49 heavy (non-hydrogen) atoms. The van der Waals surface area contributed by atoms with Gasteiger partial charge in [-0.05, 0) is 71.8 Å². The van der Waals surface area contributed by atoms with E-state index < -0.39 is 0 Å². The smallest absolute Gasteiger partial charge is 0.262 e. The van der Waals surface area contributed by atoms with Crippen LogP contribution in [0.25, 0.3) is 44.7 Å². The molecule has 7 aromatic rings. The second-order valence-corrected chi connectivity index (χ2v) is 13.5. The summed E-state index contributed by atoms with van der Waals surface area (Å²) in [6, 6.07) is 36.7. The van der Waals surface area contributed by atoms with Crippen molar-refractivity contribution in [1.29, 1.82) is 0 Å². The Kier molecular flexibility index (Phi) is 9.68. The number of nitrogens with zero attached hydrogens (tertiary/aromatic N) is 2. The van der Waals surface area contributed by atoms with Gasteiger partial charge in [-0.25, -0.2) is 4.98 Å². The van der Waals surface area contributed by atoms with Gasteiger partial charge < -0.3 is 18.9 Å². The Morgan fingerprint density at radius 3 is 1.78 bits per heavy atom. The third kappa shape index (κ3) is 7.51. The lowest BCUT2D eigenvalue weighted by Gasteiger charge is -2.12. The summed E-state index contributed by atoms with van der Waals surface area (Å²) in [5.74, 6) is 3.00. The minimum Gasteiger partial charge on any atom is -0.496 e. The predicted molar refractivity (Wildman–Crippen MR) is 202 cm³/mol. The first-order valence-electron chi connectivity index (χ1n) is 15.8. The number of para-hydroxylation sites is 2. The van der Waals surface area contributed by atoms with E-state index in [-0.39, 0.29) is 0 Å². The van der Waals surface area contributed by atoms with E-state index in [9.17, 15) is 0 Å². The first-order valence-corrected chi connectivity index (χ1v) is 17.5. The van der Waals surface area contributed by atoms with Crippen LogP contribution < -0.4 is 23.5 Å². The first kappa shape index (κ1) is 32.1. The van der Waals surface area contributed by atoms with Crippen molar-refractivity contribution < 1.29 is 23.5 Å². The summed E-state index contributed by atoms with van der Waals surface area (Å²) in [6.07, 6.45) is 8.26.